The van der Waals surface area contributed by atoms with Gasteiger partial charge < -0.3 is 20.5 Å². The highest BCUT2D eigenvalue weighted by Crippen LogP contribution is 2.25. The summed E-state index contributed by atoms with van der Waals surface area (Å²) in [6.07, 6.45) is 1.16. The van der Waals surface area contributed by atoms with Crippen molar-refractivity contribution in [2.75, 3.05) is 26.2 Å². The Hall–Kier alpha value is -1.14. The largest absolute Gasteiger partial charge is 0.481 e. The van der Waals surface area contributed by atoms with E-state index in [-0.39, 0.29) is 25.0 Å². The molecular weight excluding hydrogens is 248 g/mol. The Bertz CT molecular complexity index is 310. The first-order chi connectivity index (χ1) is 9.04. The number of nitrogens with one attached hydrogen (secondary N) is 2. The number of rotatable bonds is 7. The molecule has 1 amide bonds. The molecule has 1 aliphatic heterocycles. The van der Waals surface area contributed by atoms with Crippen LogP contribution in [0.4, 0.5) is 0 Å². The maximum absolute atomic E-state index is 11.8. The van der Waals surface area contributed by atoms with Crippen LogP contribution in [-0.4, -0.2) is 49.3 Å². The third-order valence-electron chi connectivity index (χ3n) is 3.85. The number of carboxylic acids is 1. The van der Waals surface area contributed by atoms with Crippen molar-refractivity contribution in [3.8, 4) is 0 Å². The fourth-order valence-corrected chi connectivity index (χ4v) is 2.18. The highest BCUT2D eigenvalue weighted by molar-refractivity contribution is 5.79. The van der Waals surface area contributed by atoms with Gasteiger partial charge in [0.05, 0.1) is 24.5 Å². The van der Waals surface area contributed by atoms with E-state index in [1.165, 1.54) is 0 Å². The number of aliphatic carboxylic acids is 1. The molecule has 1 fully saturated rings. The molecule has 0 saturated carbocycles. The van der Waals surface area contributed by atoms with E-state index in [2.05, 4.69) is 10.6 Å². The maximum Gasteiger partial charge on any atom is 0.311 e. The van der Waals surface area contributed by atoms with Crippen LogP contribution in [0.2, 0.25) is 0 Å². The standard InChI is InChI=1S/C13H24N2O4/c1-3-13(4-2,12(17)18)9-15-11(16)7-10-8-14-5-6-19-10/h10,14H,3-9H2,1-2H3,(H,15,16)(H,17,18). The summed E-state index contributed by atoms with van der Waals surface area (Å²) in [5.74, 6) is -1.00. The van der Waals surface area contributed by atoms with Crippen molar-refractivity contribution in [1.82, 2.24) is 10.6 Å². The fourth-order valence-electron chi connectivity index (χ4n) is 2.18. The number of hydrogen-bond donors (Lipinski definition) is 3. The maximum atomic E-state index is 11.8. The molecule has 0 radical (unpaired) electrons. The molecule has 19 heavy (non-hydrogen) atoms. The van der Waals surface area contributed by atoms with Crippen LogP contribution >= 0.6 is 0 Å². The summed E-state index contributed by atoms with van der Waals surface area (Å²) in [5, 5.41) is 15.2. The highest BCUT2D eigenvalue weighted by atomic mass is 16.5. The second-order valence-electron chi connectivity index (χ2n) is 4.97. The average Bonchev–Trinajstić information content (AvgIpc) is 2.41. The van der Waals surface area contributed by atoms with E-state index in [0.717, 1.165) is 6.54 Å². The number of hydrogen-bond acceptors (Lipinski definition) is 4. The Kier molecular flexibility index (Phi) is 6.24. The van der Waals surface area contributed by atoms with Crippen molar-refractivity contribution in [3.05, 3.63) is 0 Å². The third-order valence-corrected chi connectivity index (χ3v) is 3.85. The monoisotopic (exact) mass is 272 g/mol. The lowest BCUT2D eigenvalue weighted by Crippen LogP contribution is -2.45. The average molecular weight is 272 g/mol. The predicted molar refractivity (Wildman–Crippen MR) is 70.9 cm³/mol. The molecule has 6 nitrogen and oxygen atoms in total. The van der Waals surface area contributed by atoms with Gasteiger partial charge in [0.15, 0.2) is 0 Å². The summed E-state index contributed by atoms with van der Waals surface area (Å²) in [7, 11) is 0. The lowest BCUT2D eigenvalue weighted by atomic mass is 9.82. The molecular formula is C13H24N2O4. The molecule has 0 aromatic rings. The van der Waals surface area contributed by atoms with E-state index in [1.807, 2.05) is 13.8 Å². The summed E-state index contributed by atoms with van der Waals surface area (Å²) in [6, 6.07) is 0. The van der Waals surface area contributed by atoms with Gasteiger partial charge in [-0.3, -0.25) is 9.59 Å². The van der Waals surface area contributed by atoms with Crippen molar-refractivity contribution in [1.29, 1.82) is 0 Å². The van der Waals surface area contributed by atoms with Crippen LogP contribution in [0.25, 0.3) is 0 Å². The minimum Gasteiger partial charge on any atom is -0.481 e. The first-order valence-corrected chi connectivity index (χ1v) is 6.86. The van der Waals surface area contributed by atoms with Crippen LogP contribution in [0, 0.1) is 5.41 Å². The van der Waals surface area contributed by atoms with Crippen LogP contribution in [0.1, 0.15) is 33.1 Å². The van der Waals surface area contributed by atoms with E-state index < -0.39 is 11.4 Å². The van der Waals surface area contributed by atoms with Crippen LogP contribution in [0.15, 0.2) is 0 Å². The van der Waals surface area contributed by atoms with Crippen LogP contribution in [0.3, 0.4) is 0 Å². The summed E-state index contributed by atoms with van der Waals surface area (Å²) < 4.78 is 5.44. The topological polar surface area (TPSA) is 87.7 Å². The zero-order chi connectivity index (χ0) is 14.3. The highest BCUT2D eigenvalue weighted by Gasteiger charge is 2.35. The van der Waals surface area contributed by atoms with Crippen molar-refractivity contribution in [2.45, 2.75) is 39.2 Å². The molecule has 0 aromatic heterocycles. The van der Waals surface area contributed by atoms with Gasteiger partial charge >= 0.3 is 5.97 Å². The van der Waals surface area contributed by atoms with E-state index in [9.17, 15) is 14.7 Å². The van der Waals surface area contributed by atoms with E-state index in [1.54, 1.807) is 0 Å². The molecule has 1 rings (SSSR count). The smallest absolute Gasteiger partial charge is 0.311 e. The molecule has 1 heterocycles. The molecule has 1 atom stereocenters. The molecule has 1 aliphatic rings. The normalized spacial score (nSPS) is 20.0. The molecule has 1 unspecified atom stereocenters. The Labute approximate surface area is 113 Å². The van der Waals surface area contributed by atoms with Crippen molar-refractivity contribution >= 4 is 11.9 Å². The summed E-state index contributed by atoms with van der Waals surface area (Å²) in [5.41, 5.74) is -0.860. The van der Waals surface area contributed by atoms with Gasteiger partial charge in [0.2, 0.25) is 5.91 Å². The van der Waals surface area contributed by atoms with Gasteiger partial charge in [-0.25, -0.2) is 0 Å². The summed E-state index contributed by atoms with van der Waals surface area (Å²) in [6.45, 7) is 5.93. The van der Waals surface area contributed by atoms with Crippen LogP contribution in [-0.2, 0) is 14.3 Å². The molecule has 6 heteroatoms. The van der Waals surface area contributed by atoms with Gasteiger partial charge in [-0.1, -0.05) is 13.8 Å². The zero-order valence-electron chi connectivity index (χ0n) is 11.7. The lowest BCUT2D eigenvalue weighted by molar-refractivity contribution is -0.149. The second-order valence-corrected chi connectivity index (χ2v) is 4.97. The predicted octanol–water partition coefficient (Wildman–Crippen LogP) is 0.372. The fraction of sp³-hybridized carbons (Fsp3) is 0.846. The number of carboxylic acid groups (broad SMARTS) is 1. The number of carbonyl (C=O) groups excluding carboxylic acids is 1. The number of amides is 1. The molecule has 0 aliphatic carbocycles. The number of morpholine rings is 1. The summed E-state index contributed by atoms with van der Waals surface area (Å²) in [4.78, 5) is 23.1. The Morgan fingerprint density at radius 2 is 2.11 bits per heavy atom. The van der Waals surface area contributed by atoms with E-state index in [0.29, 0.717) is 26.0 Å². The van der Waals surface area contributed by atoms with Gasteiger partial charge in [0.25, 0.3) is 0 Å². The number of ether oxygens (including phenoxy) is 1. The van der Waals surface area contributed by atoms with Gasteiger partial charge in [-0.15, -0.1) is 0 Å². The van der Waals surface area contributed by atoms with Crippen LogP contribution in [0.5, 0.6) is 0 Å². The minimum atomic E-state index is -0.860. The SMILES string of the molecule is CCC(CC)(CNC(=O)CC1CNCCO1)C(=O)O. The van der Waals surface area contributed by atoms with E-state index >= 15 is 0 Å². The third kappa shape index (κ3) is 4.47. The van der Waals surface area contributed by atoms with Gasteiger partial charge in [-0.05, 0) is 12.8 Å². The van der Waals surface area contributed by atoms with Gasteiger partial charge in [-0.2, -0.15) is 0 Å². The molecule has 0 bridgehead atoms. The summed E-state index contributed by atoms with van der Waals surface area (Å²) >= 11 is 0. The minimum absolute atomic E-state index is 0.115. The molecule has 0 aromatic carbocycles. The van der Waals surface area contributed by atoms with Crippen molar-refractivity contribution in [3.63, 3.8) is 0 Å². The van der Waals surface area contributed by atoms with Gasteiger partial charge in [0.1, 0.15) is 0 Å². The molecule has 110 valence electrons. The molecule has 3 N–H and O–H groups in total. The Morgan fingerprint density at radius 1 is 1.42 bits per heavy atom. The lowest BCUT2D eigenvalue weighted by Gasteiger charge is -2.28. The van der Waals surface area contributed by atoms with Crippen molar-refractivity contribution < 1.29 is 19.4 Å². The van der Waals surface area contributed by atoms with Gasteiger partial charge in [0, 0.05) is 19.6 Å². The first kappa shape index (κ1) is 15.9. The van der Waals surface area contributed by atoms with Crippen LogP contribution < -0.4 is 10.6 Å². The Morgan fingerprint density at radius 3 is 2.58 bits per heavy atom. The van der Waals surface area contributed by atoms with Crippen molar-refractivity contribution in [2.24, 2.45) is 5.41 Å². The Balaban J connectivity index is 2.41. The molecule has 1 saturated heterocycles. The zero-order valence-corrected chi connectivity index (χ0v) is 11.7. The molecule has 0 spiro atoms. The van der Waals surface area contributed by atoms with E-state index in [4.69, 9.17) is 4.74 Å². The number of carbonyl (C=O) groups is 2. The second kappa shape index (κ2) is 7.45. The quantitative estimate of drug-likeness (QED) is 0.623. The first-order valence-electron chi connectivity index (χ1n) is 6.86.